The molecule has 5 heteroatoms. The van der Waals surface area contributed by atoms with E-state index >= 15 is 0 Å². The molecule has 0 N–H and O–H groups in total. The van der Waals surface area contributed by atoms with Gasteiger partial charge in [0.05, 0.1) is 12.7 Å². The molecule has 1 saturated heterocycles. The molecule has 0 saturated carbocycles. The predicted octanol–water partition coefficient (Wildman–Crippen LogP) is 1.37. The van der Waals surface area contributed by atoms with Crippen molar-refractivity contribution in [2.75, 3.05) is 13.2 Å². The number of hydrogen-bond donors (Lipinski definition) is 0. The topological polar surface area (TPSA) is 57.1 Å². The molecular formula is C11H17N3O2. The van der Waals surface area contributed by atoms with Gasteiger partial charge in [0, 0.05) is 6.61 Å². The van der Waals surface area contributed by atoms with Gasteiger partial charge >= 0.3 is 0 Å². The Balaban J connectivity index is 1.85. The van der Waals surface area contributed by atoms with Crippen molar-refractivity contribution in [3.05, 3.63) is 12.0 Å². The van der Waals surface area contributed by atoms with E-state index in [-0.39, 0.29) is 0 Å². The maximum atomic E-state index is 5.66. The standard InChI is InChI=1S/C11H17N3O2/c1-8-5-10(3-4-15-8)6-16-11-9(2)14-13-7-12-11/h7-8,10H,3-6H2,1-2H3. The lowest BCUT2D eigenvalue weighted by Crippen LogP contribution is -2.27. The van der Waals surface area contributed by atoms with Crippen LogP contribution in [0.25, 0.3) is 0 Å². The van der Waals surface area contributed by atoms with Crippen LogP contribution in [0.3, 0.4) is 0 Å². The zero-order chi connectivity index (χ0) is 11.4. The molecule has 88 valence electrons. The van der Waals surface area contributed by atoms with Crippen LogP contribution in [0.1, 0.15) is 25.5 Å². The van der Waals surface area contributed by atoms with E-state index in [9.17, 15) is 0 Å². The normalized spacial score (nSPS) is 25.4. The second-order valence-corrected chi connectivity index (χ2v) is 4.23. The van der Waals surface area contributed by atoms with E-state index in [1.54, 1.807) is 0 Å². The third-order valence-electron chi connectivity index (χ3n) is 2.79. The summed E-state index contributed by atoms with van der Waals surface area (Å²) < 4.78 is 11.1. The summed E-state index contributed by atoms with van der Waals surface area (Å²) in [5, 5.41) is 7.59. The molecule has 1 fully saturated rings. The minimum absolute atomic E-state index is 0.340. The van der Waals surface area contributed by atoms with Crippen LogP contribution in [0.4, 0.5) is 0 Å². The number of rotatable bonds is 3. The van der Waals surface area contributed by atoms with Crippen molar-refractivity contribution >= 4 is 0 Å². The van der Waals surface area contributed by atoms with Gasteiger partial charge in [0.25, 0.3) is 0 Å². The maximum absolute atomic E-state index is 5.66. The van der Waals surface area contributed by atoms with Crippen molar-refractivity contribution in [3.8, 4) is 5.88 Å². The largest absolute Gasteiger partial charge is 0.476 e. The molecule has 0 bridgehead atoms. The Kier molecular flexibility index (Phi) is 3.66. The van der Waals surface area contributed by atoms with E-state index in [1.807, 2.05) is 6.92 Å². The van der Waals surface area contributed by atoms with E-state index in [2.05, 4.69) is 22.1 Å². The van der Waals surface area contributed by atoms with Crippen molar-refractivity contribution in [3.63, 3.8) is 0 Å². The van der Waals surface area contributed by atoms with E-state index in [0.29, 0.717) is 24.5 Å². The molecule has 2 atom stereocenters. The maximum Gasteiger partial charge on any atom is 0.238 e. The van der Waals surface area contributed by atoms with Crippen molar-refractivity contribution in [1.29, 1.82) is 0 Å². The van der Waals surface area contributed by atoms with Crippen LogP contribution in [0.2, 0.25) is 0 Å². The fourth-order valence-corrected chi connectivity index (χ4v) is 1.91. The second-order valence-electron chi connectivity index (χ2n) is 4.23. The monoisotopic (exact) mass is 223 g/mol. The lowest BCUT2D eigenvalue weighted by molar-refractivity contribution is -0.00835. The van der Waals surface area contributed by atoms with E-state index in [4.69, 9.17) is 9.47 Å². The van der Waals surface area contributed by atoms with Crippen molar-refractivity contribution in [2.24, 2.45) is 5.92 Å². The summed E-state index contributed by atoms with van der Waals surface area (Å²) in [5.41, 5.74) is 0.739. The number of hydrogen-bond acceptors (Lipinski definition) is 5. The molecule has 1 aromatic rings. The summed E-state index contributed by atoms with van der Waals surface area (Å²) in [6, 6.07) is 0. The molecule has 2 unspecified atom stereocenters. The van der Waals surface area contributed by atoms with Crippen LogP contribution in [-0.2, 0) is 4.74 Å². The first kappa shape index (κ1) is 11.3. The molecule has 0 aliphatic carbocycles. The lowest BCUT2D eigenvalue weighted by Gasteiger charge is -2.26. The molecule has 1 aliphatic heterocycles. The average Bonchev–Trinajstić information content (AvgIpc) is 2.28. The SMILES string of the molecule is Cc1nncnc1OCC1CCOC(C)C1. The molecule has 16 heavy (non-hydrogen) atoms. The Morgan fingerprint density at radius 1 is 1.56 bits per heavy atom. The van der Waals surface area contributed by atoms with Gasteiger partial charge in [-0.05, 0) is 32.6 Å². The highest BCUT2D eigenvalue weighted by atomic mass is 16.5. The van der Waals surface area contributed by atoms with Crippen LogP contribution >= 0.6 is 0 Å². The third kappa shape index (κ3) is 2.88. The second kappa shape index (κ2) is 5.21. The highest BCUT2D eigenvalue weighted by molar-refractivity contribution is 5.12. The van der Waals surface area contributed by atoms with Crippen molar-refractivity contribution < 1.29 is 9.47 Å². The minimum atomic E-state index is 0.340. The highest BCUT2D eigenvalue weighted by Crippen LogP contribution is 2.21. The smallest absolute Gasteiger partial charge is 0.238 e. The summed E-state index contributed by atoms with van der Waals surface area (Å²) in [4.78, 5) is 4.05. The van der Waals surface area contributed by atoms with Crippen molar-refractivity contribution in [1.82, 2.24) is 15.2 Å². The summed E-state index contributed by atoms with van der Waals surface area (Å²) >= 11 is 0. The molecule has 1 aromatic heterocycles. The van der Waals surface area contributed by atoms with Gasteiger partial charge in [-0.1, -0.05) is 0 Å². The number of aryl methyl sites for hydroxylation is 1. The Morgan fingerprint density at radius 2 is 2.44 bits per heavy atom. The summed E-state index contributed by atoms with van der Waals surface area (Å²) in [5.74, 6) is 1.15. The lowest BCUT2D eigenvalue weighted by atomic mass is 9.97. The molecule has 1 aliphatic rings. The van der Waals surface area contributed by atoms with Gasteiger partial charge in [-0.15, -0.1) is 10.2 Å². The zero-order valence-electron chi connectivity index (χ0n) is 9.72. The quantitative estimate of drug-likeness (QED) is 0.774. The minimum Gasteiger partial charge on any atom is -0.476 e. The van der Waals surface area contributed by atoms with Crippen LogP contribution in [0, 0.1) is 12.8 Å². The Morgan fingerprint density at radius 3 is 3.19 bits per heavy atom. The van der Waals surface area contributed by atoms with Gasteiger partial charge in [-0.25, -0.2) is 0 Å². The van der Waals surface area contributed by atoms with E-state index in [1.165, 1.54) is 6.33 Å². The van der Waals surface area contributed by atoms with Crippen LogP contribution in [-0.4, -0.2) is 34.5 Å². The van der Waals surface area contributed by atoms with Crippen LogP contribution in [0.15, 0.2) is 6.33 Å². The number of aromatic nitrogens is 3. The molecule has 0 radical (unpaired) electrons. The van der Waals surface area contributed by atoms with Gasteiger partial charge < -0.3 is 9.47 Å². The fraction of sp³-hybridized carbons (Fsp3) is 0.727. The number of ether oxygens (including phenoxy) is 2. The summed E-state index contributed by atoms with van der Waals surface area (Å²) in [6.07, 6.45) is 3.86. The predicted molar refractivity (Wildman–Crippen MR) is 58.2 cm³/mol. The van der Waals surface area contributed by atoms with Gasteiger partial charge in [0.1, 0.15) is 12.0 Å². The van der Waals surface area contributed by atoms with Gasteiger partial charge in [-0.3, -0.25) is 0 Å². The Hall–Kier alpha value is -1.23. The van der Waals surface area contributed by atoms with Gasteiger partial charge in [-0.2, -0.15) is 4.98 Å². The molecule has 2 rings (SSSR count). The molecule has 2 heterocycles. The average molecular weight is 223 g/mol. The first-order chi connectivity index (χ1) is 7.75. The van der Waals surface area contributed by atoms with E-state index < -0.39 is 0 Å². The highest BCUT2D eigenvalue weighted by Gasteiger charge is 2.20. The van der Waals surface area contributed by atoms with E-state index in [0.717, 1.165) is 25.1 Å². The van der Waals surface area contributed by atoms with Crippen LogP contribution < -0.4 is 4.74 Å². The molecule has 0 amide bonds. The Labute approximate surface area is 95.2 Å². The fourth-order valence-electron chi connectivity index (χ4n) is 1.91. The van der Waals surface area contributed by atoms with Crippen molar-refractivity contribution in [2.45, 2.75) is 32.8 Å². The summed E-state index contributed by atoms with van der Waals surface area (Å²) in [6.45, 7) is 5.47. The number of nitrogens with zero attached hydrogens (tertiary/aromatic N) is 3. The molecular weight excluding hydrogens is 206 g/mol. The van der Waals surface area contributed by atoms with Gasteiger partial charge in [0.15, 0.2) is 0 Å². The summed E-state index contributed by atoms with van der Waals surface area (Å²) in [7, 11) is 0. The molecule has 5 nitrogen and oxygen atoms in total. The van der Waals surface area contributed by atoms with Crippen LogP contribution in [0.5, 0.6) is 5.88 Å². The molecule has 0 aromatic carbocycles. The Bertz CT molecular complexity index is 346. The first-order valence-electron chi connectivity index (χ1n) is 5.64. The molecule has 0 spiro atoms. The zero-order valence-corrected chi connectivity index (χ0v) is 9.72. The third-order valence-corrected chi connectivity index (χ3v) is 2.79. The van der Waals surface area contributed by atoms with Gasteiger partial charge in [0.2, 0.25) is 5.88 Å². The first-order valence-corrected chi connectivity index (χ1v) is 5.64.